The SMILES string of the molecule is CCCCC/C=C/CC/C=C/CC/C=C/C(O)C(CO)NC(=O)CC(O)CCCCCCC/C=C\CCCCCCCCCCC. The van der Waals surface area contributed by atoms with Gasteiger partial charge in [0.05, 0.1) is 31.3 Å². The second-order valence-electron chi connectivity index (χ2n) is 13.2. The second-order valence-corrected chi connectivity index (χ2v) is 13.2. The number of nitrogens with one attached hydrogen (secondary N) is 1. The van der Waals surface area contributed by atoms with Crippen LogP contribution < -0.4 is 5.32 Å². The van der Waals surface area contributed by atoms with Crippen LogP contribution in [0.3, 0.4) is 0 Å². The van der Waals surface area contributed by atoms with Gasteiger partial charge in [0.1, 0.15) is 0 Å². The molecule has 268 valence electrons. The van der Waals surface area contributed by atoms with Crippen LogP contribution in [0.4, 0.5) is 0 Å². The van der Waals surface area contributed by atoms with Crippen LogP contribution >= 0.6 is 0 Å². The molecule has 46 heavy (non-hydrogen) atoms. The van der Waals surface area contributed by atoms with E-state index in [-0.39, 0.29) is 18.9 Å². The van der Waals surface area contributed by atoms with Gasteiger partial charge >= 0.3 is 0 Å². The number of hydrogen-bond donors (Lipinski definition) is 4. The van der Waals surface area contributed by atoms with E-state index in [0.29, 0.717) is 6.42 Å². The highest BCUT2D eigenvalue weighted by molar-refractivity contribution is 5.76. The lowest BCUT2D eigenvalue weighted by Gasteiger charge is -2.20. The number of allylic oxidation sites excluding steroid dienone is 7. The van der Waals surface area contributed by atoms with Crippen LogP contribution in [-0.2, 0) is 4.79 Å². The fourth-order valence-electron chi connectivity index (χ4n) is 5.54. The highest BCUT2D eigenvalue weighted by atomic mass is 16.3. The molecule has 0 saturated carbocycles. The van der Waals surface area contributed by atoms with Gasteiger partial charge in [-0.2, -0.15) is 0 Å². The minimum atomic E-state index is -0.960. The third-order valence-corrected chi connectivity index (χ3v) is 8.57. The van der Waals surface area contributed by atoms with Crippen LogP contribution in [0.2, 0.25) is 0 Å². The number of aliphatic hydroxyl groups excluding tert-OH is 3. The molecule has 4 N–H and O–H groups in total. The van der Waals surface area contributed by atoms with Crippen molar-refractivity contribution >= 4 is 5.91 Å². The molecule has 0 spiro atoms. The van der Waals surface area contributed by atoms with Crippen molar-refractivity contribution in [2.24, 2.45) is 0 Å². The van der Waals surface area contributed by atoms with Crippen molar-refractivity contribution in [2.75, 3.05) is 6.61 Å². The number of unbranched alkanes of at least 4 members (excludes halogenated alkanes) is 19. The number of hydrogen-bond acceptors (Lipinski definition) is 4. The van der Waals surface area contributed by atoms with Crippen molar-refractivity contribution in [1.82, 2.24) is 5.32 Å². The molecule has 0 aromatic heterocycles. The molecule has 0 aliphatic carbocycles. The van der Waals surface area contributed by atoms with Crippen molar-refractivity contribution in [3.63, 3.8) is 0 Å². The van der Waals surface area contributed by atoms with Gasteiger partial charge in [-0.1, -0.05) is 152 Å². The molecule has 0 bridgehead atoms. The molecule has 0 fully saturated rings. The number of carbonyl (C=O) groups excluding carboxylic acids is 1. The molecular formula is C41H75NO4. The smallest absolute Gasteiger partial charge is 0.222 e. The fraction of sp³-hybridized carbons (Fsp3) is 0.780. The zero-order valence-electron chi connectivity index (χ0n) is 30.2. The van der Waals surface area contributed by atoms with E-state index in [1.54, 1.807) is 6.08 Å². The van der Waals surface area contributed by atoms with Crippen LogP contribution in [0, 0.1) is 0 Å². The first-order valence-electron chi connectivity index (χ1n) is 19.4. The van der Waals surface area contributed by atoms with Crippen LogP contribution in [0.1, 0.15) is 181 Å². The van der Waals surface area contributed by atoms with Crippen molar-refractivity contribution in [3.8, 4) is 0 Å². The third-order valence-electron chi connectivity index (χ3n) is 8.57. The quantitative estimate of drug-likeness (QED) is 0.0414. The summed E-state index contributed by atoms with van der Waals surface area (Å²) in [5, 5.41) is 33.0. The molecule has 0 saturated heterocycles. The number of rotatable bonds is 34. The van der Waals surface area contributed by atoms with Gasteiger partial charge < -0.3 is 20.6 Å². The summed E-state index contributed by atoms with van der Waals surface area (Å²) in [6, 6.07) is -0.769. The number of aliphatic hydroxyl groups is 3. The Labute approximate surface area is 285 Å². The molecule has 3 atom stereocenters. The number of amides is 1. The van der Waals surface area contributed by atoms with Gasteiger partial charge in [0.2, 0.25) is 5.91 Å². The van der Waals surface area contributed by atoms with E-state index in [9.17, 15) is 20.1 Å². The van der Waals surface area contributed by atoms with E-state index in [0.717, 1.165) is 51.4 Å². The minimum Gasteiger partial charge on any atom is -0.394 e. The summed E-state index contributed by atoms with van der Waals surface area (Å²) in [5.41, 5.74) is 0. The minimum absolute atomic E-state index is 0.00455. The third kappa shape index (κ3) is 32.3. The summed E-state index contributed by atoms with van der Waals surface area (Å²) in [4.78, 5) is 12.4. The highest BCUT2D eigenvalue weighted by Gasteiger charge is 2.20. The van der Waals surface area contributed by atoms with Crippen molar-refractivity contribution in [1.29, 1.82) is 0 Å². The predicted octanol–water partition coefficient (Wildman–Crippen LogP) is 10.6. The summed E-state index contributed by atoms with van der Waals surface area (Å²) < 4.78 is 0. The Morgan fingerprint density at radius 1 is 0.543 bits per heavy atom. The molecule has 0 aromatic rings. The fourth-order valence-corrected chi connectivity index (χ4v) is 5.54. The van der Waals surface area contributed by atoms with Crippen LogP contribution in [-0.4, -0.2) is 46.1 Å². The Kier molecular flexibility index (Phi) is 34.8. The van der Waals surface area contributed by atoms with Crippen molar-refractivity contribution < 1.29 is 20.1 Å². The van der Waals surface area contributed by atoms with Crippen LogP contribution in [0.5, 0.6) is 0 Å². The van der Waals surface area contributed by atoms with Crippen molar-refractivity contribution in [2.45, 2.75) is 199 Å². The summed E-state index contributed by atoms with van der Waals surface area (Å²) in [5.74, 6) is -0.337. The first-order valence-corrected chi connectivity index (χ1v) is 19.4. The molecule has 3 unspecified atom stereocenters. The van der Waals surface area contributed by atoms with Crippen LogP contribution in [0.25, 0.3) is 0 Å². The normalized spacial score (nSPS) is 14.3. The van der Waals surface area contributed by atoms with E-state index in [1.165, 1.54) is 103 Å². The highest BCUT2D eigenvalue weighted by Crippen LogP contribution is 2.13. The summed E-state index contributed by atoms with van der Waals surface area (Å²) >= 11 is 0. The molecule has 5 nitrogen and oxygen atoms in total. The maximum Gasteiger partial charge on any atom is 0.222 e. The lowest BCUT2D eigenvalue weighted by Crippen LogP contribution is -2.45. The van der Waals surface area contributed by atoms with Gasteiger partial charge in [0.25, 0.3) is 0 Å². The zero-order valence-corrected chi connectivity index (χ0v) is 30.2. The monoisotopic (exact) mass is 646 g/mol. The second kappa shape index (κ2) is 36.2. The summed E-state index contributed by atoms with van der Waals surface area (Å²) in [7, 11) is 0. The Hall–Kier alpha value is -1.69. The molecule has 1 amide bonds. The largest absolute Gasteiger partial charge is 0.394 e. The van der Waals surface area contributed by atoms with Gasteiger partial charge in [-0.3, -0.25) is 4.79 Å². The van der Waals surface area contributed by atoms with E-state index in [2.05, 4.69) is 55.6 Å². The first kappa shape index (κ1) is 44.3. The molecule has 0 radical (unpaired) electrons. The van der Waals surface area contributed by atoms with E-state index in [4.69, 9.17) is 0 Å². The molecule has 0 heterocycles. The molecule has 0 rings (SSSR count). The molecule has 0 aromatic carbocycles. The van der Waals surface area contributed by atoms with E-state index in [1.807, 2.05) is 6.08 Å². The predicted molar refractivity (Wildman–Crippen MR) is 199 cm³/mol. The van der Waals surface area contributed by atoms with Gasteiger partial charge in [0.15, 0.2) is 0 Å². The van der Waals surface area contributed by atoms with Gasteiger partial charge in [-0.15, -0.1) is 0 Å². The first-order chi connectivity index (χ1) is 22.5. The van der Waals surface area contributed by atoms with Gasteiger partial charge in [0, 0.05) is 0 Å². The number of carbonyl (C=O) groups is 1. The zero-order chi connectivity index (χ0) is 33.8. The Bertz CT molecular complexity index is 760. The average Bonchev–Trinajstić information content (AvgIpc) is 3.05. The molecular weight excluding hydrogens is 570 g/mol. The molecule has 0 aliphatic heterocycles. The van der Waals surface area contributed by atoms with E-state index < -0.39 is 18.2 Å². The average molecular weight is 646 g/mol. The Balaban J connectivity index is 3.78. The summed E-state index contributed by atoms with van der Waals surface area (Å²) in [6.07, 6.45) is 45.2. The van der Waals surface area contributed by atoms with Crippen molar-refractivity contribution in [3.05, 3.63) is 48.6 Å². The van der Waals surface area contributed by atoms with Gasteiger partial charge in [-0.25, -0.2) is 0 Å². The lowest BCUT2D eigenvalue weighted by molar-refractivity contribution is -0.124. The molecule has 5 heteroatoms. The maximum absolute atomic E-state index is 12.4. The Morgan fingerprint density at radius 3 is 1.43 bits per heavy atom. The van der Waals surface area contributed by atoms with Gasteiger partial charge in [-0.05, 0) is 70.6 Å². The topological polar surface area (TPSA) is 89.8 Å². The standard InChI is InChI=1S/C41H75NO4/c1-3-5-7-9-11-13-15-17-18-19-20-21-23-24-26-28-30-32-34-38(44)36-41(46)42-39(37-43)40(45)35-33-31-29-27-25-22-16-14-12-10-8-6-4-2/h12,14,20-21,25,27,33,35,38-40,43-45H,3-11,13,15-19,22-24,26,28-32,34,36-37H2,1-2H3,(H,42,46)/b14-12+,21-20-,27-25+,35-33+. The Morgan fingerprint density at radius 2 is 0.935 bits per heavy atom. The molecule has 0 aliphatic rings. The lowest BCUT2D eigenvalue weighted by atomic mass is 10.0. The van der Waals surface area contributed by atoms with E-state index >= 15 is 0 Å². The van der Waals surface area contributed by atoms with Crippen LogP contribution in [0.15, 0.2) is 48.6 Å². The maximum atomic E-state index is 12.4. The summed E-state index contributed by atoms with van der Waals surface area (Å²) in [6.45, 7) is 4.14.